The fourth-order valence-corrected chi connectivity index (χ4v) is 5.07. The molecule has 0 unspecified atom stereocenters. The van der Waals surface area contributed by atoms with E-state index in [1.54, 1.807) is 31.0 Å². The fraction of sp³-hybridized carbons (Fsp3) is 0.462. The summed E-state index contributed by atoms with van der Waals surface area (Å²) >= 11 is 7.76. The van der Waals surface area contributed by atoms with Crippen molar-refractivity contribution in [1.82, 2.24) is 9.80 Å². The van der Waals surface area contributed by atoms with Gasteiger partial charge in [-0.1, -0.05) is 29.8 Å². The first-order valence-electron chi connectivity index (χ1n) is 11.3. The maximum atomic E-state index is 12.9. The van der Waals surface area contributed by atoms with Gasteiger partial charge in [-0.05, 0) is 67.3 Å². The van der Waals surface area contributed by atoms with E-state index in [4.69, 9.17) is 16.3 Å². The molecule has 1 aliphatic heterocycles. The Hall–Kier alpha value is -2.18. The number of carbonyl (C=O) groups excluding carboxylic acids is 2. The topological polar surface area (TPSA) is 49.9 Å². The summed E-state index contributed by atoms with van der Waals surface area (Å²) in [6.07, 6.45) is 5.06. The molecule has 0 aromatic heterocycles. The van der Waals surface area contributed by atoms with Gasteiger partial charge in [0.25, 0.3) is 5.91 Å². The molecule has 2 aromatic rings. The molecule has 0 N–H and O–H groups in total. The lowest BCUT2D eigenvalue weighted by molar-refractivity contribution is -0.132. The number of hydrogen-bond acceptors (Lipinski definition) is 4. The number of nitrogens with zero attached hydrogens (tertiary/aromatic N) is 2. The molecule has 0 aliphatic carbocycles. The predicted octanol–water partition coefficient (Wildman–Crippen LogP) is 5.02. The van der Waals surface area contributed by atoms with Crippen LogP contribution < -0.4 is 4.74 Å². The first kappa shape index (κ1) is 25.4. The summed E-state index contributed by atoms with van der Waals surface area (Å²) in [5.74, 6) is 2.16. The second kappa shape index (κ2) is 12.3. The van der Waals surface area contributed by atoms with Gasteiger partial charge in [-0.25, -0.2) is 0 Å². The third kappa shape index (κ3) is 6.90. The van der Waals surface area contributed by atoms with Crippen LogP contribution in [0.1, 0.15) is 35.2 Å². The molecule has 0 spiro atoms. The van der Waals surface area contributed by atoms with Crippen LogP contribution in [-0.2, 0) is 11.2 Å². The van der Waals surface area contributed by atoms with E-state index in [-0.39, 0.29) is 17.9 Å². The SMILES string of the molecule is COc1cccc(C[C@H](C2CCN(C(=O)c3cccc(Cl)c3)CC2)N(C)C(=O)CCSC)c1. The van der Waals surface area contributed by atoms with Gasteiger partial charge in [-0.2, -0.15) is 11.8 Å². The molecule has 1 saturated heterocycles. The van der Waals surface area contributed by atoms with Crippen molar-refractivity contribution >= 4 is 35.2 Å². The monoisotopic (exact) mass is 488 g/mol. The molecule has 1 fully saturated rings. The van der Waals surface area contributed by atoms with Crippen molar-refractivity contribution in [3.63, 3.8) is 0 Å². The fourth-order valence-electron chi connectivity index (χ4n) is 4.50. The normalized spacial score (nSPS) is 15.2. The Kier molecular flexibility index (Phi) is 9.51. The number of halogens is 1. The average Bonchev–Trinajstić information content (AvgIpc) is 2.85. The molecule has 178 valence electrons. The second-order valence-electron chi connectivity index (χ2n) is 8.51. The molecule has 2 aromatic carbocycles. The maximum absolute atomic E-state index is 12.9. The largest absolute Gasteiger partial charge is 0.497 e. The number of thioether (sulfide) groups is 1. The van der Waals surface area contributed by atoms with Crippen LogP contribution in [0.25, 0.3) is 0 Å². The minimum absolute atomic E-state index is 0.0182. The van der Waals surface area contributed by atoms with E-state index in [9.17, 15) is 9.59 Å². The molecule has 1 heterocycles. The Morgan fingerprint density at radius 3 is 2.58 bits per heavy atom. The Morgan fingerprint density at radius 1 is 1.18 bits per heavy atom. The number of hydrogen-bond donors (Lipinski definition) is 0. The smallest absolute Gasteiger partial charge is 0.253 e. The molecule has 7 heteroatoms. The lowest BCUT2D eigenvalue weighted by Crippen LogP contribution is -2.48. The van der Waals surface area contributed by atoms with E-state index in [0.29, 0.717) is 36.0 Å². The number of benzene rings is 2. The predicted molar refractivity (Wildman–Crippen MR) is 136 cm³/mol. The molecule has 0 radical (unpaired) electrons. The Morgan fingerprint density at radius 2 is 1.91 bits per heavy atom. The Labute approximate surface area is 206 Å². The lowest BCUT2D eigenvalue weighted by Gasteiger charge is -2.40. The van der Waals surface area contributed by atoms with Crippen LogP contribution in [0.15, 0.2) is 48.5 Å². The van der Waals surface area contributed by atoms with Gasteiger partial charge >= 0.3 is 0 Å². The molecule has 33 heavy (non-hydrogen) atoms. The molecular weight excluding hydrogens is 456 g/mol. The summed E-state index contributed by atoms with van der Waals surface area (Å²) in [7, 11) is 3.60. The quantitative estimate of drug-likeness (QED) is 0.497. The zero-order chi connectivity index (χ0) is 23.8. The Bertz CT molecular complexity index is 947. The van der Waals surface area contributed by atoms with Crippen molar-refractivity contribution in [2.75, 3.05) is 39.3 Å². The van der Waals surface area contributed by atoms with Crippen LogP contribution in [0.3, 0.4) is 0 Å². The van der Waals surface area contributed by atoms with E-state index in [1.807, 2.05) is 53.4 Å². The number of carbonyl (C=O) groups is 2. The molecule has 0 bridgehead atoms. The average molecular weight is 489 g/mol. The highest BCUT2D eigenvalue weighted by Gasteiger charge is 2.33. The van der Waals surface area contributed by atoms with E-state index < -0.39 is 0 Å². The highest BCUT2D eigenvalue weighted by Crippen LogP contribution is 2.29. The van der Waals surface area contributed by atoms with Crippen molar-refractivity contribution in [2.24, 2.45) is 5.92 Å². The maximum Gasteiger partial charge on any atom is 0.253 e. The summed E-state index contributed by atoms with van der Waals surface area (Å²) in [6, 6.07) is 15.3. The van der Waals surface area contributed by atoms with Crippen molar-refractivity contribution in [2.45, 2.75) is 31.7 Å². The first-order chi connectivity index (χ1) is 15.9. The van der Waals surface area contributed by atoms with Crippen molar-refractivity contribution in [3.8, 4) is 5.75 Å². The minimum atomic E-state index is 0.0182. The van der Waals surface area contributed by atoms with E-state index in [0.717, 1.165) is 36.3 Å². The van der Waals surface area contributed by atoms with Gasteiger partial charge in [0.05, 0.1) is 7.11 Å². The third-order valence-electron chi connectivity index (χ3n) is 6.43. The van der Waals surface area contributed by atoms with Gasteiger partial charge in [0.1, 0.15) is 5.75 Å². The van der Waals surface area contributed by atoms with E-state index in [1.165, 1.54) is 0 Å². The summed E-state index contributed by atoms with van der Waals surface area (Å²) in [6.45, 7) is 1.36. The molecule has 2 amide bonds. The second-order valence-corrected chi connectivity index (χ2v) is 9.93. The summed E-state index contributed by atoms with van der Waals surface area (Å²) in [4.78, 5) is 29.7. The molecule has 3 rings (SSSR count). The molecule has 1 atom stereocenters. The van der Waals surface area contributed by atoms with Gasteiger partial charge in [0.2, 0.25) is 5.91 Å². The van der Waals surface area contributed by atoms with Crippen molar-refractivity contribution in [3.05, 3.63) is 64.7 Å². The molecular formula is C26H33ClN2O3S. The summed E-state index contributed by atoms with van der Waals surface area (Å²) in [5, 5.41) is 0.569. The lowest BCUT2D eigenvalue weighted by atomic mass is 9.84. The number of likely N-dealkylation sites (N-methyl/N-ethyl adjacent to an activating group) is 1. The molecule has 1 aliphatic rings. The van der Waals surface area contributed by atoms with Crippen LogP contribution in [0.5, 0.6) is 5.75 Å². The van der Waals surface area contributed by atoms with Crippen LogP contribution in [0.2, 0.25) is 5.02 Å². The Balaban J connectivity index is 1.72. The third-order valence-corrected chi connectivity index (χ3v) is 7.28. The highest BCUT2D eigenvalue weighted by molar-refractivity contribution is 7.98. The minimum Gasteiger partial charge on any atom is -0.497 e. The zero-order valence-electron chi connectivity index (χ0n) is 19.6. The van der Waals surface area contributed by atoms with Gasteiger partial charge < -0.3 is 14.5 Å². The van der Waals surface area contributed by atoms with Gasteiger partial charge in [-0.3, -0.25) is 9.59 Å². The first-order valence-corrected chi connectivity index (χ1v) is 13.1. The van der Waals surface area contributed by atoms with Crippen LogP contribution in [-0.4, -0.2) is 66.9 Å². The number of piperidine rings is 1. The summed E-state index contributed by atoms with van der Waals surface area (Å²) in [5.41, 5.74) is 1.78. The number of likely N-dealkylation sites (tertiary alicyclic amines) is 1. The van der Waals surface area contributed by atoms with Crippen molar-refractivity contribution < 1.29 is 14.3 Å². The molecule has 5 nitrogen and oxygen atoms in total. The van der Waals surface area contributed by atoms with E-state index in [2.05, 4.69) is 6.07 Å². The standard InChI is InChI=1S/C26H33ClN2O3S/c1-28(25(30)12-15-33-3)24(17-19-6-4-9-23(16-19)32-2)20-10-13-29(14-11-20)26(31)21-7-5-8-22(27)18-21/h4-9,16,18,20,24H,10-15,17H2,1-3H3/t24-/m1/s1. The van der Waals surface area contributed by atoms with Crippen LogP contribution >= 0.6 is 23.4 Å². The number of rotatable bonds is 9. The van der Waals surface area contributed by atoms with Gasteiger partial charge in [-0.15, -0.1) is 0 Å². The molecule has 0 saturated carbocycles. The van der Waals surface area contributed by atoms with Gasteiger partial charge in [0, 0.05) is 48.9 Å². The number of ether oxygens (including phenoxy) is 1. The van der Waals surface area contributed by atoms with Crippen LogP contribution in [0.4, 0.5) is 0 Å². The summed E-state index contributed by atoms with van der Waals surface area (Å²) < 4.78 is 5.40. The van der Waals surface area contributed by atoms with E-state index >= 15 is 0 Å². The van der Waals surface area contributed by atoms with Gasteiger partial charge in [0.15, 0.2) is 0 Å². The number of methoxy groups -OCH3 is 1. The number of amides is 2. The zero-order valence-corrected chi connectivity index (χ0v) is 21.2. The van der Waals surface area contributed by atoms with Crippen LogP contribution in [0, 0.1) is 5.92 Å². The highest BCUT2D eigenvalue weighted by atomic mass is 35.5. The van der Waals surface area contributed by atoms with Crippen molar-refractivity contribution in [1.29, 1.82) is 0 Å².